The normalized spacial score (nSPS) is 15.1. The van der Waals surface area contributed by atoms with E-state index in [4.69, 9.17) is 11.6 Å². The third-order valence-corrected chi connectivity index (χ3v) is 4.82. The van der Waals surface area contributed by atoms with Crippen LogP contribution in [0.15, 0.2) is 12.7 Å². The Morgan fingerprint density at radius 2 is 2.00 bits per heavy atom. The van der Waals surface area contributed by atoms with Crippen LogP contribution in [0, 0.1) is 0 Å². The lowest BCUT2D eigenvalue weighted by Crippen LogP contribution is -2.27. The van der Waals surface area contributed by atoms with Crippen LogP contribution in [-0.2, 0) is 0 Å². The maximum Gasteiger partial charge on any atom is 0.0528 e. The zero-order valence-corrected chi connectivity index (χ0v) is 8.20. The lowest BCUT2D eigenvalue weighted by atomic mass is 10.5. The van der Waals surface area contributed by atoms with Crippen LogP contribution in [0.25, 0.3) is 0 Å². The molecule has 9 heavy (non-hydrogen) atoms. The molecule has 0 saturated carbocycles. The van der Waals surface area contributed by atoms with Gasteiger partial charge in [-0.15, -0.1) is 18.2 Å². The minimum atomic E-state index is -1.04. The molecule has 0 aromatic rings. The van der Waals surface area contributed by atoms with Gasteiger partial charge in [0.2, 0.25) is 0 Å². The average Bonchev–Trinajstić information content (AvgIpc) is 1.65. The molecule has 0 saturated heterocycles. The summed E-state index contributed by atoms with van der Waals surface area (Å²) in [7, 11) is -1.04. The molecule has 0 aliphatic heterocycles. The molecule has 54 valence electrons. The summed E-state index contributed by atoms with van der Waals surface area (Å²) in [6.45, 7) is 10.7. The van der Waals surface area contributed by atoms with Crippen molar-refractivity contribution in [3.63, 3.8) is 0 Å². The van der Waals surface area contributed by atoms with E-state index >= 15 is 0 Å². The summed E-state index contributed by atoms with van der Waals surface area (Å²) in [5.74, 6) is 0.735. The smallest absolute Gasteiger partial charge is 0.0528 e. The van der Waals surface area contributed by atoms with Gasteiger partial charge in [0.25, 0.3) is 0 Å². The molecule has 0 aliphatic carbocycles. The molecule has 0 aromatic heterocycles. The molecule has 0 amide bonds. The van der Waals surface area contributed by atoms with Crippen molar-refractivity contribution in [3.8, 4) is 0 Å². The second-order valence-corrected chi connectivity index (χ2v) is 9.14. The number of halogens is 1. The third kappa shape index (κ3) is 3.07. The van der Waals surface area contributed by atoms with E-state index in [1.165, 1.54) is 0 Å². The van der Waals surface area contributed by atoms with E-state index in [1.54, 1.807) is 0 Å². The first kappa shape index (κ1) is 9.25. The van der Waals surface area contributed by atoms with Gasteiger partial charge in [0.1, 0.15) is 0 Å². The maximum absolute atomic E-state index is 5.72. The predicted octanol–water partition coefficient (Wildman–Crippen LogP) is 3.12. The number of alkyl halides is 1. The molecule has 0 aliphatic rings. The second kappa shape index (κ2) is 3.42. The van der Waals surface area contributed by atoms with E-state index in [0.717, 1.165) is 5.88 Å². The minimum absolute atomic E-state index is 0.569. The zero-order chi connectivity index (χ0) is 7.49. The Labute approximate surface area is 63.9 Å². The first-order valence-corrected chi connectivity index (χ1v) is 7.32. The van der Waals surface area contributed by atoms with Crippen molar-refractivity contribution in [2.45, 2.75) is 25.2 Å². The van der Waals surface area contributed by atoms with Crippen molar-refractivity contribution < 1.29 is 0 Å². The molecule has 0 radical (unpaired) electrons. The van der Waals surface area contributed by atoms with Crippen molar-refractivity contribution in [2.75, 3.05) is 5.88 Å². The highest BCUT2D eigenvalue weighted by Crippen LogP contribution is 2.23. The Bertz CT molecular complexity index is 93.6. The van der Waals surface area contributed by atoms with E-state index in [1.807, 2.05) is 6.08 Å². The molecule has 0 bridgehead atoms. The lowest BCUT2D eigenvalue weighted by molar-refractivity contribution is 1.14. The Morgan fingerprint density at radius 1 is 1.56 bits per heavy atom. The van der Waals surface area contributed by atoms with Gasteiger partial charge in [0.15, 0.2) is 0 Å². The lowest BCUT2D eigenvalue weighted by Gasteiger charge is -2.23. The minimum Gasteiger partial charge on any atom is -0.126 e. The van der Waals surface area contributed by atoms with Gasteiger partial charge >= 0.3 is 0 Å². The Kier molecular flexibility index (Phi) is 3.52. The topological polar surface area (TPSA) is 0 Å². The highest BCUT2D eigenvalue weighted by Gasteiger charge is 2.22. The fraction of sp³-hybridized carbons (Fsp3) is 0.714. The molecule has 0 heterocycles. The molecule has 0 aromatic carbocycles. The Hall–Kier alpha value is 0.247. The van der Waals surface area contributed by atoms with Crippen LogP contribution in [0.4, 0.5) is 0 Å². The molecule has 1 unspecified atom stereocenters. The van der Waals surface area contributed by atoms with Crippen LogP contribution in [-0.4, -0.2) is 14.0 Å². The Morgan fingerprint density at radius 3 is 2.00 bits per heavy atom. The first-order valence-electron chi connectivity index (χ1n) is 3.21. The van der Waals surface area contributed by atoms with Crippen molar-refractivity contribution in [1.82, 2.24) is 0 Å². The van der Waals surface area contributed by atoms with Gasteiger partial charge in [0, 0.05) is 5.88 Å². The standard InChI is InChI=1S/C7H15ClSi/c1-5-7(6-8)9(2,3)4/h5,7H,1,6H2,2-4H3. The first-order chi connectivity index (χ1) is 4.02. The highest BCUT2D eigenvalue weighted by molar-refractivity contribution is 6.78. The van der Waals surface area contributed by atoms with E-state index in [9.17, 15) is 0 Å². The van der Waals surface area contributed by atoms with Gasteiger partial charge in [-0.2, -0.15) is 0 Å². The van der Waals surface area contributed by atoms with Crippen LogP contribution < -0.4 is 0 Å². The molecule has 1 atom stereocenters. The maximum atomic E-state index is 5.72. The molecular weight excluding hydrogens is 148 g/mol. The SMILES string of the molecule is C=CC(CCl)[Si](C)(C)C. The van der Waals surface area contributed by atoms with Gasteiger partial charge in [0.05, 0.1) is 8.07 Å². The van der Waals surface area contributed by atoms with Crippen molar-refractivity contribution in [2.24, 2.45) is 0 Å². The van der Waals surface area contributed by atoms with Crippen molar-refractivity contribution in [1.29, 1.82) is 0 Å². The largest absolute Gasteiger partial charge is 0.126 e. The number of rotatable bonds is 3. The molecular formula is C7H15ClSi. The van der Waals surface area contributed by atoms with Gasteiger partial charge < -0.3 is 0 Å². The van der Waals surface area contributed by atoms with Crippen molar-refractivity contribution in [3.05, 3.63) is 12.7 Å². The molecule has 0 spiro atoms. The molecule has 2 heteroatoms. The average molecular weight is 163 g/mol. The molecule has 0 fully saturated rings. The van der Waals surface area contributed by atoms with E-state index in [-0.39, 0.29) is 0 Å². The predicted molar refractivity (Wildman–Crippen MR) is 48.0 cm³/mol. The number of hydrogen-bond donors (Lipinski definition) is 0. The summed E-state index contributed by atoms with van der Waals surface area (Å²) in [5.41, 5.74) is 0.569. The van der Waals surface area contributed by atoms with Crippen molar-refractivity contribution >= 4 is 19.7 Å². The summed E-state index contributed by atoms with van der Waals surface area (Å²) in [6, 6.07) is 0. The second-order valence-electron chi connectivity index (χ2n) is 3.36. The fourth-order valence-corrected chi connectivity index (χ4v) is 3.33. The van der Waals surface area contributed by atoms with Gasteiger partial charge in [-0.3, -0.25) is 0 Å². The van der Waals surface area contributed by atoms with E-state index in [0.29, 0.717) is 5.54 Å². The fourth-order valence-electron chi connectivity index (χ4n) is 0.648. The van der Waals surface area contributed by atoms with Gasteiger partial charge in [-0.25, -0.2) is 0 Å². The summed E-state index contributed by atoms with van der Waals surface area (Å²) in [5, 5.41) is 0. The Balaban J connectivity index is 3.94. The van der Waals surface area contributed by atoms with Gasteiger partial charge in [-0.05, 0) is 5.54 Å². The zero-order valence-electron chi connectivity index (χ0n) is 6.45. The summed E-state index contributed by atoms with van der Waals surface area (Å²) >= 11 is 5.72. The van der Waals surface area contributed by atoms with Crippen LogP contribution >= 0.6 is 11.6 Å². The summed E-state index contributed by atoms with van der Waals surface area (Å²) in [6.07, 6.45) is 1.99. The molecule has 0 nitrogen and oxygen atoms in total. The summed E-state index contributed by atoms with van der Waals surface area (Å²) < 4.78 is 0. The molecule has 0 rings (SSSR count). The third-order valence-electron chi connectivity index (χ3n) is 1.56. The molecule has 0 N–H and O–H groups in total. The monoisotopic (exact) mass is 162 g/mol. The highest BCUT2D eigenvalue weighted by atomic mass is 35.5. The summed E-state index contributed by atoms with van der Waals surface area (Å²) in [4.78, 5) is 0. The van der Waals surface area contributed by atoms with Crippen LogP contribution in [0.2, 0.25) is 25.2 Å². The van der Waals surface area contributed by atoms with E-state index < -0.39 is 8.07 Å². The van der Waals surface area contributed by atoms with E-state index in [2.05, 4.69) is 26.2 Å². The quantitative estimate of drug-likeness (QED) is 0.340. The van der Waals surface area contributed by atoms with Crippen LogP contribution in [0.3, 0.4) is 0 Å². The van der Waals surface area contributed by atoms with Crippen LogP contribution in [0.1, 0.15) is 0 Å². The number of allylic oxidation sites excluding steroid dienone is 1. The van der Waals surface area contributed by atoms with Crippen LogP contribution in [0.5, 0.6) is 0 Å². The van der Waals surface area contributed by atoms with Gasteiger partial charge in [-0.1, -0.05) is 25.7 Å². The number of hydrogen-bond acceptors (Lipinski definition) is 0.